The molecule has 0 saturated heterocycles. The second kappa shape index (κ2) is 6.91. The Hall–Kier alpha value is -1.32. The molecule has 106 valence electrons. The summed E-state index contributed by atoms with van der Waals surface area (Å²) in [5.74, 6) is 0.870. The summed E-state index contributed by atoms with van der Waals surface area (Å²) in [4.78, 5) is 2.18. The minimum Gasteiger partial charge on any atom is -0.483 e. The van der Waals surface area contributed by atoms with E-state index in [1.807, 2.05) is 42.5 Å². The molecule has 0 amide bonds. The van der Waals surface area contributed by atoms with Crippen LogP contribution in [0.3, 0.4) is 0 Å². The van der Waals surface area contributed by atoms with Crippen LogP contribution in [0.4, 0.5) is 0 Å². The maximum atomic E-state index is 6.27. The van der Waals surface area contributed by atoms with E-state index in [4.69, 9.17) is 4.74 Å². The van der Waals surface area contributed by atoms with Gasteiger partial charge >= 0.3 is 0 Å². The minimum absolute atomic E-state index is 0.00935. The number of halogens is 1. The molecule has 2 nitrogen and oxygen atoms in total. The number of nitrogens with zero attached hydrogens (tertiary/aromatic N) is 1. The Morgan fingerprint density at radius 1 is 0.950 bits per heavy atom. The maximum Gasteiger partial charge on any atom is 0.139 e. The molecule has 0 saturated carbocycles. The zero-order chi connectivity index (χ0) is 14.5. The summed E-state index contributed by atoms with van der Waals surface area (Å²) >= 11 is 3.54. The van der Waals surface area contributed by atoms with Crippen molar-refractivity contribution in [1.29, 1.82) is 0 Å². The van der Waals surface area contributed by atoms with E-state index in [0.717, 1.165) is 10.2 Å². The SMILES string of the molecule is C[C@@H]([C@@H](Oc1ccccc1Br)c1ccccc1)N(C)C. The van der Waals surface area contributed by atoms with E-state index in [2.05, 4.69) is 54.0 Å². The highest BCUT2D eigenvalue weighted by molar-refractivity contribution is 9.10. The van der Waals surface area contributed by atoms with Crippen molar-refractivity contribution in [1.82, 2.24) is 4.90 Å². The third kappa shape index (κ3) is 3.62. The number of hydrogen-bond donors (Lipinski definition) is 0. The largest absolute Gasteiger partial charge is 0.483 e. The van der Waals surface area contributed by atoms with Gasteiger partial charge in [0.25, 0.3) is 0 Å². The normalized spacial score (nSPS) is 14.1. The zero-order valence-corrected chi connectivity index (χ0v) is 13.7. The van der Waals surface area contributed by atoms with Crippen molar-refractivity contribution in [3.05, 3.63) is 64.6 Å². The fraction of sp³-hybridized carbons (Fsp3) is 0.294. The van der Waals surface area contributed by atoms with E-state index in [1.54, 1.807) is 0 Å². The van der Waals surface area contributed by atoms with Gasteiger partial charge in [-0.2, -0.15) is 0 Å². The molecule has 3 heteroatoms. The highest BCUT2D eigenvalue weighted by Gasteiger charge is 2.23. The fourth-order valence-electron chi connectivity index (χ4n) is 2.04. The molecule has 2 atom stereocenters. The van der Waals surface area contributed by atoms with E-state index in [0.29, 0.717) is 0 Å². The van der Waals surface area contributed by atoms with Crippen molar-refractivity contribution in [3.63, 3.8) is 0 Å². The van der Waals surface area contributed by atoms with Gasteiger partial charge in [-0.3, -0.25) is 0 Å². The summed E-state index contributed by atoms with van der Waals surface area (Å²) in [6.45, 7) is 2.18. The summed E-state index contributed by atoms with van der Waals surface area (Å²) in [6.07, 6.45) is -0.00935. The number of ether oxygens (including phenoxy) is 1. The molecule has 2 aromatic rings. The highest BCUT2D eigenvalue weighted by Crippen LogP contribution is 2.31. The van der Waals surface area contributed by atoms with Crippen LogP contribution < -0.4 is 4.74 Å². The molecule has 0 bridgehead atoms. The molecule has 2 rings (SSSR count). The zero-order valence-electron chi connectivity index (χ0n) is 12.1. The lowest BCUT2D eigenvalue weighted by Gasteiger charge is -2.30. The topological polar surface area (TPSA) is 12.5 Å². The molecule has 0 heterocycles. The third-order valence-electron chi connectivity index (χ3n) is 3.47. The number of para-hydroxylation sites is 1. The number of benzene rings is 2. The van der Waals surface area contributed by atoms with Gasteiger partial charge in [-0.05, 0) is 54.6 Å². The molecular formula is C17H20BrNO. The summed E-state index contributed by atoms with van der Waals surface area (Å²) in [5, 5.41) is 0. The van der Waals surface area contributed by atoms with E-state index in [1.165, 1.54) is 5.56 Å². The quantitative estimate of drug-likeness (QED) is 0.797. The minimum atomic E-state index is -0.00935. The van der Waals surface area contributed by atoms with Gasteiger partial charge in [0.1, 0.15) is 11.9 Å². The Morgan fingerprint density at radius 3 is 2.15 bits per heavy atom. The lowest BCUT2D eigenvalue weighted by atomic mass is 10.0. The van der Waals surface area contributed by atoms with Crippen molar-refractivity contribution in [3.8, 4) is 5.75 Å². The monoisotopic (exact) mass is 333 g/mol. The summed E-state index contributed by atoms with van der Waals surface area (Å²) in [6, 6.07) is 18.6. The summed E-state index contributed by atoms with van der Waals surface area (Å²) in [5.41, 5.74) is 1.18. The standard InChI is InChI=1S/C17H20BrNO/c1-13(19(2)3)17(14-9-5-4-6-10-14)20-16-12-8-7-11-15(16)18/h4-13,17H,1-3H3/t13-,17+/m0/s1. The van der Waals surface area contributed by atoms with E-state index >= 15 is 0 Å². The van der Waals surface area contributed by atoms with Crippen molar-refractivity contribution < 1.29 is 4.74 Å². The molecule has 0 aromatic heterocycles. The van der Waals surface area contributed by atoms with Gasteiger partial charge in [0.15, 0.2) is 0 Å². The van der Waals surface area contributed by atoms with Crippen LogP contribution in [0.15, 0.2) is 59.1 Å². The predicted molar refractivity (Wildman–Crippen MR) is 87.1 cm³/mol. The first-order valence-electron chi connectivity index (χ1n) is 6.72. The van der Waals surface area contributed by atoms with E-state index in [9.17, 15) is 0 Å². The third-order valence-corrected chi connectivity index (χ3v) is 4.13. The summed E-state index contributed by atoms with van der Waals surface area (Å²) in [7, 11) is 4.15. The molecule has 0 spiro atoms. The van der Waals surface area contributed by atoms with Crippen LogP contribution in [0.25, 0.3) is 0 Å². The van der Waals surface area contributed by atoms with Crippen molar-refractivity contribution >= 4 is 15.9 Å². The van der Waals surface area contributed by atoms with Gasteiger partial charge in [0.05, 0.1) is 4.47 Å². The molecule has 2 aromatic carbocycles. The van der Waals surface area contributed by atoms with E-state index < -0.39 is 0 Å². The van der Waals surface area contributed by atoms with Crippen molar-refractivity contribution in [2.24, 2.45) is 0 Å². The van der Waals surface area contributed by atoms with Gasteiger partial charge in [-0.25, -0.2) is 0 Å². The Kier molecular flexibility index (Phi) is 5.21. The Labute approximate surface area is 129 Å². The van der Waals surface area contributed by atoms with Crippen molar-refractivity contribution in [2.75, 3.05) is 14.1 Å². The molecule has 0 radical (unpaired) electrons. The fourth-order valence-corrected chi connectivity index (χ4v) is 2.41. The van der Waals surface area contributed by atoms with Gasteiger partial charge < -0.3 is 9.64 Å². The Balaban J connectivity index is 2.31. The van der Waals surface area contributed by atoms with Gasteiger partial charge in [-0.1, -0.05) is 42.5 Å². The number of hydrogen-bond acceptors (Lipinski definition) is 2. The molecule has 0 fully saturated rings. The maximum absolute atomic E-state index is 6.27. The average molecular weight is 334 g/mol. The van der Waals surface area contributed by atoms with Crippen LogP contribution in [0.5, 0.6) is 5.75 Å². The molecule has 20 heavy (non-hydrogen) atoms. The lowest BCUT2D eigenvalue weighted by molar-refractivity contribution is 0.106. The van der Waals surface area contributed by atoms with Crippen LogP contribution in [0, 0.1) is 0 Å². The molecule has 0 N–H and O–H groups in total. The molecular weight excluding hydrogens is 314 g/mol. The van der Waals surface area contributed by atoms with Gasteiger partial charge in [0.2, 0.25) is 0 Å². The molecule has 0 aliphatic rings. The van der Waals surface area contributed by atoms with Crippen LogP contribution in [-0.2, 0) is 0 Å². The average Bonchev–Trinajstić information content (AvgIpc) is 2.46. The van der Waals surface area contributed by atoms with Crippen LogP contribution in [0.1, 0.15) is 18.6 Å². The number of rotatable bonds is 5. The second-order valence-electron chi connectivity index (χ2n) is 5.08. The molecule has 0 aliphatic heterocycles. The first-order valence-corrected chi connectivity index (χ1v) is 7.51. The first kappa shape index (κ1) is 15.1. The van der Waals surface area contributed by atoms with E-state index in [-0.39, 0.29) is 12.1 Å². The van der Waals surface area contributed by atoms with Crippen LogP contribution in [-0.4, -0.2) is 25.0 Å². The number of likely N-dealkylation sites (N-methyl/N-ethyl adjacent to an activating group) is 1. The lowest BCUT2D eigenvalue weighted by Crippen LogP contribution is -2.34. The van der Waals surface area contributed by atoms with Gasteiger partial charge in [0, 0.05) is 6.04 Å². The van der Waals surface area contributed by atoms with Crippen LogP contribution in [0.2, 0.25) is 0 Å². The first-order chi connectivity index (χ1) is 9.59. The smallest absolute Gasteiger partial charge is 0.139 e. The molecule has 0 aliphatic carbocycles. The predicted octanol–water partition coefficient (Wildman–Crippen LogP) is 4.52. The van der Waals surface area contributed by atoms with Crippen LogP contribution >= 0.6 is 15.9 Å². The van der Waals surface area contributed by atoms with Crippen molar-refractivity contribution in [2.45, 2.75) is 19.1 Å². The van der Waals surface area contributed by atoms with Gasteiger partial charge in [-0.15, -0.1) is 0 Å². The Bertz CT molecular complexity index is 542. The molecule has 0 unspecified atom stereocenters. The Morgan fingerprint density at radius 2 is 1.55 bits per heavy atom. The highest BCUT2D eigenvalue weighted by atomic mass is 79.9. The summed E-state index contributed by atoms with van der Waals surface area (Å²) < 4.78 is 7.24. The second-order valence-corrected chi connectivity index (χ2v) is 5.94.